The standard InChI is InChI=1S/C8H10FN3O3/c9-7-5-15-2-1-8(7)11-4-6(3-10-11)12(13)14/h3-4,7-8H,1-2,5H2. The molecule has 0 bridgehead atoms. The Bertz CT molecular complexity index is 368. The molecule has 82 valence electrons. The minimum Gasteiger partial charge on any atom is -0.378 e. The van der Waals surface area contributed by atoms with Gasteiger partial charge in [0.1, 0.15) is 18.6 Å². The number of aromatic nitrogens is 2. The highest BCUT2D eigenvalue weighted by atomic mass is 19.1. The summed E-state index contributed by atoms with van der Waals surface area (Å²) in [5.74, 6) is 0. The summed E-state index contributed by atoms with van der Waals surface area (Å²) in [6, 6.07) is -0.451. The van der Waals surface area contributed by atoms with Crippen LogP contribution in [0.15, 0.2) is 12.4 Å². The van der Waals surface area contributed by atoms with Crippen LogP contribution in [0.2, 0.25) is 0 Å². The Morgan fingerprint density at radius 3 is 3.13 bits per heavy atom. The van der Waals surface area contributed by atoms with Gasteiger partial charge in [-0.25, -0.2) is 4.39 Å². The molecule has 2 atom stereocenters. The molecule has 0 N–H and O–H groups in total. The zero-order chi connectivity index (χ0) is 10.8. The van der Waals surface area contributed by atoms with Crippen LogP contribution in [0.4, 0.5) is 10.1 Å². The van der Waals surface area contributed by atoms with Crippen LogP contribution in [0.5, 0.6) is 0 Å². The molecular formula is C8H10FN3O3. The fourth-order valence-corrected chi connectivity index (χ4v) is 1.59. The second kappa shape index (κ2) is 3.93. The van der Waals surface area contributed by atoms with Crippen LogP contribution in [-0.4, -0.2) is 34.1 Å². The van der Waals surface area contributed by atoms with Gasteiger partial charge < -0.3 is 4.74 Å². The van der Waals surface area contributed by atoms with Crippen LogP contribution in [-0.2, 0) is 4.74 Å². The van der Waals surface area contributed by atoms with Gasteiger partial charge in [0.15, 0.2) is 0 Å². The maximum atomic E-state index is 13.4. The summed E-state index contributed by atoms with van der Waals surface area (Å²) in [4.78, 5) is 9.87. The average molecular weight is 215 g/mol. The number of nitro groups is 1. The first-order valence-electron chi connectivity index (χ1n) is 4.59. The van der Waals surface area contributed by atoms with E-state index in [1.54, 1.807) is 0 Å². The van der Waals surface area contributed by atoms with Crippen molar-refractivity contribution in [2.75, 3.05) is 13.2 Å². The van der Waals surface area contributed by atoms with Gasteiger partial charge in [-0.3, -0.25) is 14.8 Å². The van der Waals surface area contributed by atoms with Gasteiger partial charge in [-0.15, -0.1) is 0 Å². The zero-order valence-electron chi connectivity index (χ0n) is 7.88. The summed E-state index contributed by atoms with van der Waals surface area (Å²) < 4.78 is 19.6. The molecule has 0 amide bonds. The molecule has 2 rings (SSSR count). The van der Waals surface area contributed by atoms with Crippen molar-refractivity contribution >= 4 is 5.69 Å². The van der Waals surface area contributed by atoms with E-state index in [9.17, 15) is 14.5 Å². The van der Waals surface area contributed by atoms with Crippen molar-refractivity contribution in [3.8, 4) is 0 Å². The number of rotatable bonds is 2. The Labute approximate surface area is 84.8 Å². The lowest BCUT2D eigenvalue weighted by atomic mass is 10.1. The fraction of sp³-hybridized carbons (Fsp3) is 0.625. The van der Waals surface area contributed by atoms with E-state index in [1.165, 1.54) is 10.9 Å². The van der Waals surface area contributed by atoms with Crippen LogP contribution in [0.25, 0.3) is 0 Å². The molecule has 6 nitrogen and oxygen atoms in total. The minimum absolute atomic E-state index is 0.0261. The van der Waals surface area contributed by atoms with E-state index in [2.05, 4.69) is 5.10 Å². The topological polar surface area (TPSA) is 70.2 Å². The van der Waals surface area contributed by atoms with Gasteiger partial charge in [0.25, 0.3) is 0 Å². The molecule has 0 aliphatic carbocycles. The van der Waals surface area contributed by atoms with E-state index in [-0.39, 0.29) is 12.3 Å². The molecule has 2 heterocycles. The van der Waals surface area contributed by atoms with Crippen molar-refractivity contribution in [2.24, 2.45) is 0 Å². The molecule has 7 heteroatoms. The Hall–Kier alpha value is -1.50. The molecular weight excluding hydrogens is 205 g/mol. The maximum Gasteiger partial charge on any atom is 0.307 e. The predicted molar refractivity (Wildman–Crippen MR) is 48.3 cm³/mol. The summed E-state index contributed by atoms with van der Waals surface area (Å²) >= 11 is 0. The van der Waals surface area contributed by atoms with Gasteiger partial charge in [-0.2, -0.15) is 5.10 Å². The third-order valence-corrected chi connectivity index (χ3v) is 2.39. The van der Waals surface area contributed by atoms with Crippen molar-refractivity contribution in [1.82, 2.24) is 9.78 Å². The maximum absolute atomic E-state index is 13.4. The van der Waals surface area contributed by atoms with E-state index < -0.39 is 17.1 Å². The highest BCUT2D eigenvalue weighted by Gasteiger charge is 2.28. The lowest BCUT2D eigenvalue weighted by molar-refractivity contribution is -0.385. The number of hydrogen-bond acceptors (Lipinski definition) is 4. The van der Waals surface area contributed by atoms with Crippen molar-refractivity contribution < 1.29 is 14.1 Å². The van der Waals surface area contributed by atoms with E-state index >= 15 is 0 Å². The third kappa shape index (κ3) is 1.96. The van der Waals surface area contributed by atoms with Gasteiger partial charge in [-0.05, 0) is 6.42 Å². The number of ether oxygens (including phenoxy) is 1. The number of nitrogens with zero attached hydrogens (tertiary/aromatic N) is 3. The van der Waals surface area contributed by atoms with Gasteiger partial charge in [0, 0.05) is 6.61 Å². The second-order valence-corrected chi connectivity index (χ2v) is 3.38. The van der Waals surface area contributed by atoms with Gasteiger partial charge in [0.05, 0.1) is 17.6 Å². The molecule has 1 saturated heterocycles. The molecule has 0 spiro atoms. The summed E-state index contributed by atoms with van der Waals surface area (Å²) in [6.45, 7) is 0.483. The van der Waals surface area contributed by atoms with Crippen LogP contribution in [0, 0.1) is 10.1 Å². The lowest BCUT2D eigenvalue weighted by Gasteiger charge is -2.25. The predicted octanol–water partition coefficient (Wildman–Crippen LogP) is 1.09. The Kier molecular flexibility index (Phi) is 2.63. The highest BCUT2D eigenvalue weighted by molar-refractivity contribution is 5.21. The van der Waals surface area contributed by atoms with Gasteiger partial charge in [-0.1, -0.05) is 0 Å². The van der Waals surface area contributed by atoms with E-state index in [0.29, 0.717) is 13.0 Å². The monoisotopic (exact) mass is 215 g/mol. The zero-order valence-corrected chi connectivity index (χ0v) is 7.88. The lowest BCUT2D eigenvalue weighted by Crippen LogP contribution is -2.31. The molecule has 1 aromatic heterocycles. The van der Waals surface area contributed by atoms with E-state index in [0.717, 1.165) is 6.20 Å². The normalized spacial score (nSPS) is 26.5. The van der Waals surface area contributed by atoms with Gasteiger partial charge in [0.2, 0.25) is 0 Å². The van der Waals surface area contributed by atoms with E-state index in [4.69, 9.17) is 4.74 Å². The summed E-state index contributed by atoms with van der Waals surface area (Å²) in [7, 11) is 0. The summed E-state index contributed by atoms with van der Waals surface area (Å²) in [5.41, 5.74) is -0.117. The Morgan fingerprint density at radius 1 is 1.73 bits per heavy atom. The highest BCUT2D eigenvalue weighted by Crippen LogP contribution is 2.24. The molecule has 15 heavy (non-hydrogen) atoms. The SMILES string of the molecule is O=[N+]([O-])c1cnn(C2CCOCC2F)c1. The molecule has 1 fully saturated rings. The fourth-order valence-electron chi connectivity index (χ4n) is 1.59. The Balaban J connectivity index is 2.17. The Morgan fingerprint density at radius 2 is 2.53 bits per heavy atom. The summed E-state index contributed by atoms with van der Waals surface area (Å²) in [6.07, 6.45) is 1.71. The molecule has 2 unspecified atom stereocenters. The smallest absolute Gasteiger partial charge is 0.307 e. The second-order valence-electron chi connectivity index (χ2n) is 3.38. The molecule has 1 aliphatic heterocycles. The molecule has 1 aliphatic rings. The third-order valence-electron chi connectivity index (χ3n) is 2.39. The van der Waals surface area contributed by atoms with Crippen molar-refractivity contribution in [2.45, 2.75) is 18.6 Å². The molecule has 0 saturated carbocycles. The van der Waals surface area contributed by atoms with Gasteiger partial charge >= 0.3 is 5.69 Å². The van der Waals surface area contributed by atoms with Crippen molar-refractivity contribution in [3.63, 3.8) is 0 Å². The molecule has 0 aromatic carbocycles. The first-order valence-corrected chi connectivity index (χ1v) is 4.59. The van der Waals surface area contributed by atoms with Crippen LogP contribution >= 0.6 is 0 Å². The van der Waals surface area contributed by atoms with Crippen LogP contribution in [0.3, 0.4) is 0 Å². The largest absolute Gasteiger partial charge is 0.378 e. The van der Waals surface area contributed by atoms with Crippen LogP contribution < -0.4 is 0 Å². The first-order chi connectivity index (χ1) is 7.18. The van der Waals surface area contributed by atoms with Crippen LogP contribution in [0.1, 0.15) is 12.5 Å². The number of hydrogen-bond donors (Lipinski definition) is 0. The van der Waals surface area contributed by atoms with Crippen molar-refractivity contribution in [1.29, 1.82) is 0 Å². The first kappa shape index (κ1) is 10.0. The average Bonchev–Trinajstić information content (AvgIpc) is 2.67. The number of alkyl halides is 1. The molecule has 1 aromatic rings. The van der Waals surface area contributed by atoms with Crippen molar-refractivity contribution in [3.05, 3.63) is 22.5 Å². The minimum atomic E-state index is -1.15. The summed E-state index contributed by atoms with van der Waals surface area (Å²) in [5, 5.41) is 14.2. The molecule has 0 radical (unpaired) electrons. The quantitative estimate of drug-likeness (QED) is 0.547. The van der Waals surface area contributed by atoms with E-state index in [1.807, 2.05) is 0 Å². The number of halogens is 1.